The molecule has 1 saturated carbocycles. The van der Waals surface area contributed by atoms with Crippen LogP contribution < -0.4 is 0 Å². The molecule has 1 nitrogen and oxygen atoms in total. The highest BCUT2D eigenvalue weighted by molar-refractivity contribution is 5.98. The molecule has 1 fully saturated rings. The second kappa shape index (κ2) is 3.18. The molecule has 0 unspecified atom stereocenters. The smallest absolute Gasteiger partial charge is 0.143 e. The van der Waals surface area contributed by atoms with Crippen LogP contribution in [0.3, 0.4) is 0 Å². The molecule has 1 rings (SSSR count). The van der Waals surface area contributed by atoms with Crippen LogP contribution in [-0.4, -0.2) is 5.78 Å². The summed E-state index contributed by atoms with van der Waals surface area (Å²) in [4.78, 5) is 11.2. The normalized spacial score (nSPS) is 20.3. The standard InChI is InChI=1S/C9H11O/c1-7(2)9(10)8-5-3-4-6-8/h3-7H,1-2H3. The van der Waals surface area contributed by atoms with Crippen molar-refractivity contribution in [1.29, 1.82) is 0 Å². The van der Waals surface area contributed by atoms with Gasteiger partial charge >= 0.3 is 0 Å². The molecule has 0 aromatic rings. The maximum atomic E-state index is 11.2. The minimum absolute atomic E-state index is 0.113. The molecular weight excluding hydrogens is 124 g/mol. The Morgan fingerprint density at radius 2 is 1.80 bits per heavy atom. The Morgan fingerprint density at radius 3 is 2.20 bits per heavy atom. The highest BCUT2D eigenvalue weighted by Crippen LogP contribution is 2.25. The summed E-state index contributed by atoms with van der Waals surface area (Å²) in [5.74, 6) is 1.17. The van der Waals surface area contributed by atoms with E-state index in [1.54, 1.807) is 0 Å². The van der Waals surface area contributed by atoms with E-state index < -0.39 is 0 Å². The predicted octanol–water partition coefficient (Wildman–Crippen LogP) is 1.62. The van der Waals surface area contributed by atoms with Crippen LogP contribution >= 0.6 is 0 Å². The molecule has 1 heteroatoms. The molecule has 0 spiro atoms. The van der Waals surface area contributed by atoms with Crippen LogP contribution in [-0.2, 0) is 4.79 Å². The Kier molecular flexibility index (Phi) is 2.47. The van der Waals surface area contributed by atoms with Gasteiger partial charge in [0.15, 0.2) is 0 Å². The molecule has 53 valence electrons. The van der Waals surface area contributed by atoms with Gasteiger partial charge in [0.25, 0.3) is 0 Å². The van der Waals surface area contributed by atoms with Gasteiger partial charge in [-0.15, -0.1) is 0 Å². The molecule has 0 aromatic heterocycles. The average molecular weight is 135 g/mol. The number of rotatable bonds is 2. The van der Waals surface area contributed by atoms with E-state index in [4.69, 9.17) is 0 Å². The maximum Gasteiger partial charge on any atom is 0.143 e. The van der Waals surface area contributed by atoms with Gasteiger partial charge in [0.1, 0.15) is 5.78 Å². The molecule has 0 heterocycles. The fourth-order valence-corrected chi connectivity index (χ4v) is 0.872. The van der Waals surface area contributed by atoms with Crippen molar-refractivity contribution in [3.05, 3.63) is 31.6 Å². The van der Waals surface area contributed by atoms with Gasteiger partial charge < -0.3 is 0 Å². The van der Waals surface area contributed by atoms with Crippen LogP contribution in [0.15, 0.2) is 0 Å². The first kappa shape index (κ1) is 7.77. The summed E-state index contributed by atoms with van der Waals surface area (Å²) in [6.45, 7) is 3.82. The molecule has 0 aliphatic heterocycles. The van der Waals surface area contributed by atoms with E-state index in [9.17, 15) is 4.79 Å². The van der Waals surface area contributed by atoms with Crippen molar-refractivity contribution in [1.82, 2.24) is 0 Å². The van der Waals surface area contributed by atoms with Crippen molar-refractivity contribution in [3.63, 3.8) is 0 Å². The minimum atomic E-state index is 0.113. The molecule has 0 aromatic carbocycles. The minimum Gasteiger partial charge on any atom is -0.299 e. The SMILES string of the molecule is CC(C)C(=O)[C]1[CH][CH][CH][CH]1. The molecule has 1 aliphatic carbocycles. The Morgan fingerprint density at radius 1 is 1.30 bits per heavy atom. The molecule has 0 atom stereocenters. The van der Waals surface area contributed by atoms with Gasteiger partial charge in [-0.2, -0.15) is 0 Å². The first-order valence-corrected chi connectivity index (χ1v) is 3.47. The summed E-state index contributed by atoms with van der Waals surface area (Å²) >= 11 is 0. The molecule has 0 bridgehead atoms. The van der Waals surface area contributed by atoms with Crippen LogP contribution in [0.25, 0.3) is 0 Å². The number of ketones is 1. The topological polar surface area (TPSA) is 17.1 Å². The van der Waals surface area contributed by atoms with E-state index >= 15 is 0 Å². The zero-order valence-corrected chi connectivity index (χ0v) is 6.29. The summed E-state index contributed by atoms with van der Waals surface area (Å²) in [5, 5.41) is 0. The summed E-state index contributed by atoms with van der Waals surface area (Å²) in [5.41, 5.74) is 0. The third kappa shape index (κ3) is 1.59. The lowest BCUT2D eigenvalue weighted by Crippen LogP contribution is -2.15. The molecule has 0 amide bonds. The second-order valence-corrected chi connectivity index (χ2v) is 2.69. The largest absolute Gasteiger partial charge is 0.299 e. The monoisotopic (exact) mass is 135 g/mol. The lowest BCUT2D eigenvalue weighted by Gasteiger charge is -2.08. The lowest BCUT2D eigenvalue weighted by molar-refractivity contribution is -0.119. The Labute approximate surface area is 62.8 Å². The van der Waals surface area contributed by atoms with Crippen LogP contribution in [0, 0.1) is 37.5 Å². The molecule has 0 N–H and O–H groups in total. The van der Waals surface area contributed by atoms with E-state index in [1.165, 1.54) is 0 Å². The van der Waals surface area contributed by atoms with Crippen molar-refractivity contribution < 1.29 is 4.79 Å². The van der Waals surface area contributed by atoms with Gasteiger partial charge in [-0.1, -0.05) is 13.8 Å². The second-order valence-electron chi connectivity index (χ2n) is 2.69. The number of hydrogen-bond acceptors (Lipinski definition) is 1. The highest BCUT2D eigenvalue weighted by atomic mass is 16.1. The van der Waals surface area contributed by atoms with E-state index in [1.807, 2.05) is 39.5 Å². The first-order chi connectivity index (χ1) is 4.72. The van der Waals surface area contributed by atoms with E-state index in [2.05, 4.69) is 0 Å². The predicted molar refractivity (Wildman–Crippen MR) is 40.3 cm³/mol. The number of Topliss-reactive ketones (excluding diaryl/α,β-unsaturated/α-hetero) is 1. The highest BCUT2D eigenvalue weighted by Gasteiger charge is 2.25. The molecule has 5 radical (unpaired) electrons. The average Bonchev–Trinajstić information content (AvgIpc) is 2.36. The maximum absolute atomic E-state index is 11.2. The number of carbonyl (C=O) groups is 1. The van der Waals surface area contributed by atoms with Crippen molar-refractivity contribution in [2.75, 3.05) is 0 Å². The van der Waals surface area contributed by atoms with E-state index in [-0.39, 0.29) is 11.7 Å². The van der Waals surface area contributed by atoms with Crippen molar-refractivity contribution in [3.8, 4) is 0 Å². The molecule has 0 saturated heterocycles. The Hall–Kier alpha value is -0.330. The van der Waals surface area contributed by atoms with Gasteiger partial charge in [-0.25, -0.2) is 0 Å². The van der Waals surface area contributed by atoms with Gasteiger partial charge in [-0.3, -0.25) is 4.79 Å². The van der Waals surface area contributed by atoms with Gasteiger partial charge in [0, 0.05) is 11.8 Å². The zero-order chi connectivity index (χ0) is 7.56. The van der Waals surface area contributed by atoms with Crippen molar-refractivity contribution in [2.24, 2.45) is 5.92 Å². The summed E-state index contributed by atoms with van der Waals surface area (Å²) in [6.07, 6.45) is 7.47. The van der Waals surface area contributed by atoms with Crippen molar-refractivity contribution in [2.45, 2.75) is 13.8 Å². The summed E-state index contributed by atoms with van der Waals surface area (Å²) < 4.78 is 0. The van der Waals surface area contributed by atoms with E-state index in [0.29, 0.717) is 0 Å². The van der Waals surface area contributed by atoms with E-state index in [0.717, 1.165) is 5.92 Å². The third-order valence-corrected chi connectivity index (χ3v) is 1.47. The molecule has 1 aliphatic rings. The van der Waals surface area contributed by atoms with Crippen LogP contribution in [0.4, 0.5) is 0 Å². The lowest BCUT2D eigenvalue weighted by atomic mass is 9.94. The van der Waals surface area contributed by atoms with Gasteiger partial charge in [-0.05, 0) is 25.7 Å². The van der Waals surface area contributed by atoms with Crippen molar-refractivity contribution >= 4 is 5.78 Å². The zero-order valence-electron chi connectivity index (χ0n) is 6.29. The summed E-state index contributed by atoms with van der Waals surface area (Å²) in [6, 6.07) is 0. The number of carbonyl (C=O) groups excluding carboxylic acids is 1. The quantitative estimate of drug-likeness (QED) is 0.562. The van der Waals surface area contributed by atoms with Crippen LogP contribution in [0.5, 0.6) is 0 Å². The fraction of sp³-hybridized carbons (Fsp3) is 0.333. The Balaban J connectivity index is 2.40. The Bertz CT molecular complexity index is 121. The summed E-state index contributed by atoms with van der Waals surface area (Å²) in [7, 11) is 0. The molecular formula is C9H11O. The van der Waals surface area contributed by atoms with Gasteiger partial charge in [0.2, 0.25) is 0 Å². The fourth-order valence-electron chi connectivity index (χ4n) is 0.872. The van der Waals surface area contributed by atoms with Crippen LogP contribution in [0.1, 0.15) is 13.8 Å². The first-order valence-electron chi connectivity index (χ1n) is 3.47. The number of hydrogen-bond donors (Lipinski definition) is 0. The third-order valence-electron chi connectivity index (χ3n) is 1.47. The van der Waals surface area contributed by atoms with Crippen LogP contribution in [0.2, 0.25) is 0 Å². The molecule has 10 heavy (non-hydrogen) atoms. The van der Waals surface area contributed by atoms with Gasteiger partial charge in [0.05, 0.1) is 0 Å².